The molecule has 0 bridgehead atoms. The van der Waals surface area contributed by atoms with Gasteiger partial charge in [0.25, 0.3) is 0 Å². The highest BCUT2D eigenvalue weighted by Gasteiger charge is 2.43. The lowest BCUT2D eigenvalue weighted by atomic mass is 9.96. The molecule has 7 heteroatoms. The summed E-state index contributed by atoms with van der Waals surface area (Å²) in [5, 5.41) is 4.20. The Morgan fingerprint density at radius 2 is 1.88 bits per heavy atom. The molecule has 1 saturated carbocycles. The molecule has 32 heavy (non-hydrogen) atoms. The van der Waals surface area contributed by atoms with Crippen molar-refractivity contribution < 1.29 is 9.47 Å². The van der Waals surface area contributed by atoms with Crippen molar-refractivity contribution in [3.8, 4) is 11.5 Å². The number of nitrogens with zero attached hydrogens (tertiary/aromatic N) is 3. The van der Waals surface area contributed by atoms with E-state index in [2.05, 4.69) is 45.7 Å². The van der Waals surface area contributed by atoms with Gasteiger partial charge in [-0.3, -0.25) is 4.98 Å². The van der Waals surface area contributed by atoms with Crippen molar-refractivity contribution in [3.05, 3.63) is 71.3 Å². The van der Waals surface area contributed by atoms with Crippen LogP contribution in [0.15, 0.2) is 48.7 Å². The first-order chi connectivity index (χ1) is 15.5. The van der Waals surface area contributed by atoms with Gasteiger partial charge < -0.3 is 24.3 Å². The van der Waals surface area contributed by atoms with Gasteiger partial charge in [0.15, 0.2) is 5.11 Å². The molecule has 1 aromatic carbocycles. The number of ether oxygens (including phenoxy) is 2. The van der Waals surface area contributed by atoms with E-state index in [1.807, 2.05) is 36.5 Å². The van der Waals surface area contributed by atoms with E-state index in [0.717, 1.165) is 22.9 Å². The first kappa shape index (κ1) is 20.8. The molecule has 2 atom stereocenters. The van der Waals surface area contributed by atoms with Gasteiger partial charge in [-0.1, -0.05) is 6.07 Å². The number of methoxy groups -OCH3 is 2. The second-order valence-corrected chi connectivity index (χ2v) is 8.85. The van der Waals surface area contributed by atoms with Gasteiger partial charge in [-0.2, -0.15) is 0 Å². The largest absolute Gasteiger partial charge is 0.497 e. The van der Waals surface area contributed by atoms with Crippen LogP contribution in [0.25, 0.3) is 0 Å². The first-order valence-corrected chi connectivity index (χ1v) is 11.3. The van der Waals surface area contributed by atoms with E-state index in [1.54, 1.807) is 14.2 Å². The molecule has 0 unspecified atom stereocenters. The third-order valence-electron chi connectivity index (χ3n) is 6.50. The molecule has 2 aromatic heterocycles. The fraction of sp³-hybridized carbons (Fsp3) is 0.360. The van der Waals surface area contributed by atoms with E-state index >= 15 is 0 Å². The van der Waals surface area contributed by atoms with E-state index in [9.17, 15) is 0 Å². The highest BCUT2D eigenvalue weighted by molar-refractivity contribution is 7.80. The number of pyridine rings is 1. The van der Waals surface area contributed by atoms with Gasteiger partial charge >= 0.3 is 0 Å². The molecule has 166 valence electrons. The van der Waals surface area contributed by atoms with Crippen LogP contribution in [-0.2, 0) is 0 Å². The maximum atomic E-state index is 5.89. The first-order valence-electron chi connectivity index (χ1n) is 10.9. The lowest BCUT2D eigenvalue weighted by Crippen LogP contribution is -2.30. The Kier molecular flexibility index (Phi) is 5.29. The molecular formula is C25H28N4O2S. The minimum atomic E-state index is -0.0799. The SMILES string of the molecule is COc1ccc(N2C(=S)N[C@@H](c3ccccn3)[C@H]2c2cc(C)n(C3CC3)c2C)c(OC)c1. The topological polar surface area (TPSA) is 51.5 Å². The number of hydrogen-bond acceptors (Lipinski definition) is 4. The van der Waals surface area contributed by atoms with Crippen molar-refractivity contribution in [1.29, 1.82) is 0 Å². The standard InChI is InChI=1S/C25H28N4O2S/c1-15-13-19(16(2)28(15)17-8-9-17)24-23(20-7-5-6-12-26-20)27-25(32)29(24)21-11-10-18(30-3)14-22(21)31-4/h5-7,10-14,17,23-24H,8-9H2,1-4H3,(H,27,32)/t23-,24+/m0/s1. The quantitative estimate of drug-likeness (QED) is 0.534. The molecular weight excluding hydrogens is 420 g/mol. The number of hydrogen-bond donors (Lipinski definition) is 1. The Bertz CT molecular complexity index is 1160. The van der Waals surface area contributed by atoms with Crippen LogP contribution in [0.2, 0.25) is 0 Å². The monoisotopic (exact) mass is 448 g/mol. The smallest absolute Gasteiger partial charge is 0.174 e. The van der Waals surface area contributed by atoms with Gasteiger partial charge in [-0.15, -0.1) is 0 Å². The van der Waals surface area contributed by atoms with E-state index < -0.39 is 0 Å². The van der Waals surface area contributed by atoms with Gasteiger partial charge in [0.05, 0.1) is 37.7 Å². The Morgan fingerprint density at radius 3 is 2.53 bits per heavy atom. The van der Waals surface area contributed by atoms with Gasteiger partial charge in [0, 0.05) is 29.7 Å². The van der Waals surface area contributed by atoms with Gasteiger partial charge in [0.2, 0.25) is 0 Å². The molecule has 1 aliphatic heterocycles. The highest BCUT2D eigenvalue weighted by Crippen LogP contribution is 2.48. The molecule has 6 nitrogen and oxygen atoms in total. The van der Waals surface area contributed by atoms with Crippen molar-refractivity contribution >= 4 is 23.0 Å². The minimum Gasteiger partial charge on any atom is -0.497 e. The van der Waals surface area contributed by atoms with E-state index in [1.165, 1.54) is 29.8 Å². The van der Waals surface area contributed by atoms with E-state index in [-0.39, 0.29) is 12.1 Å². The summed E-state index contributed by atoms with van der Waals surface area (Å²) in [5.41, 5.74) is 5.71. The number of thiocarbonyl (C=S) groups is 1. The van der Waals surface area contributed by atoms with Gasteiger partial charge in [0.1, 0.15) is 11.5 Å². The van der Waals surface area contributed by atoms with Gasteiger partial charge in [-0.05, 0) is 74.8 Å². The summed E-state index contributed by atoms with van der Waals surface area (Å²) in [5.74, 6) is 1.46. The fourth-order valence-corrected chi connectivity index (χ4v) is 5.25. The molecule has 0 amide bonds. The normalized spacial score (nSPS) is 20.4. The summed E-state index contributed by atoms with van der Waals surface area (Å²) >= 11 is 5.89. The van der Waals surface area contributed by atoms with Crippen molar-refractivity contribution in [3.63, 3.8) is 0 Å². The van der Waals surface area contributed by atoms with Crippen LogP contribution < -0.4 is 19.7 Å². The van der Waals surface area contributed by atoms with Crippen LogP contribution in [0.4, 0.5) is 5.69 Å². The lowest BCUT2D eigenvalue weighted by Gasteiger charge is -2.29. The Labute approximate surface area is 194 Å². The van der Waals surface area contributed by atoms with Crippen LogP contribution in [0.3, 0.4) is 0 Å². The molecule has 1 aliphatic carbocycles. The summed E-state index contributed by atoms with van der Waals surface area (Å²) in [4.78, 5) is 6.84. The average Bonchev–Trinajstić information content (AvgIpc) is 3.52. The molecule has 2 aliphatic rings. The summed E-state index contributed by atoms with van der Waals surface area (Å²) < 4.78 is 13.6. The predicted molar refractivity (Wildman–Crippen MR) is 130 cm³/mol. The molecule has 0 spiro atoms. The third kappa shape index (κ3) is 3.41. The highest BCUT2D eigenvalue weighted by atomic mass is 32.1. The lowest BCUT2D eigenvalue weighted by molar-refractivity contribution is 0.394. The van der Waals surface area contributed by atoms with Crippen LogP contribution in [0, 0.1) is 13.8 Å². The maximum Gasteiger partial charge on any atom is 0.174 e. The Balaban J connectivity index is 1.68. The maximum absolute atomic E-state index is 5.89. The third-order valence-corrected chi connectivity index (χ3v) is 6.81. The van der Waals surface area contributed by atoms with Crippen molar-refractivity contribution in [2.45, 2.75) is 44.8 Å². The second kappa shape index (κ2) is 8.13. The molecule has 2 fully saturated rings. The number of anilines is 1. The summed E-state index contributed by atoms with van der Waals surface area (Å²) in [6, 6.07) is 14.7. The fourth-order valence-electron chi connectivity index (χ4n) is 4.91. The summed E-state index contributed by atoms with van der Waals surface area (Å²) in [6.07, 6.45) is 4.33. The van der Waals surface area contributed by atoms with Crippen LogP contribution in [0.1, 0.15) is 53.6 Å². The average molecular weight is 449 g/mol. The number of nitrogens with one attached hydrogen (secondary N) is 1. The number of aryl methyl sites for hydroxylation is 1. The zero-order chi connectivity index (χ0) is 22.4. The molecule has 3 aromatic rings. The van der Waals surface area contributed by atoms with Crippen LogP contribution in [0.5, 0.6) is 11.5 Å². The number of rotatable bonds is 6. The van der Waals surface area contributed by atoms with E-state index in [4.69, 9.17) is 21.7 Å². The van der Waals surface area contributed by atoms with Crippen molar-refractivity contribution in [1.82, 2.24) is 14.9 Å². The molecule has 0 radical (unpaired) electrons. The summed E-state index contributed by atoms with van der Waals surface area (Å²) in [6.45, 7) is 4.42. The predicted octanol–water partition coefficient (Wildman–Crippen LogP) is 5.03. The van der Waals surface area contributed by atoms with E-state index in [0.29, 0.717) is 11.2 Å². The van der Waals surface area contributed by atoms with Crippen molar-refractivity contribution in [2.24, 2.45) is 0 Å². The second-order valence-electron chi connectivity index (χ2n) is 8.46. The molecule has 5 rings (SSSR count). The summed E-state index contributed by atoms with van der Waals surface area (Å²) in [7, 11) is 3.33. The number of aromatic nitrogens is 2. The van der Waals surface area contributed by atoms with Crippen LogP contribution >= 0.6 is 12.2 Å². The van der Waals surface area contributed by atoms with Crippen molar-refractivity contribution in [2.75, 3.05) is 19.1 Å². The van der Waals surface area contributed by atoms with Gasteiger partial charge in [-0.25, -0.2) is 0 Å². The Morgan fingerprint density at radius 1 is 1.06 bits per heavy atom. The molecule has 3 heterocycles. The molecule has 1 saturated heterocycles. The van der Waals surface area contributed by atoms with Crippen LogP contribution in [-0.4, -0.2) is 28.9 Å². The minimum absolute atomic E-state index is 0.0570. The zero-order valence-corrected chi connectivity index (χ0v) is 19.6. The zero-order valence-electron chi connectivity index (χ0n) is 18.8. The molecule has 1 N–H and O–H groups in total. The number of benzene rings is 1. The Hall–Kier alpha value is -3.06.